The molecule has 3 heteroatoms. The molecule has 12 heavy (non-hydrogen) atoms. The normalized spacial score (nSPS) is 12.0. The monoisotopic (exact) mass is 162 g/mol. The summed E-state index contributed by atoms with van der Waals surface area (Å²) in [5.41, 5.74) is 0.845. The van der Waals surface area contributed by atoms with Crippen molar-refractivity contribution >= 4 is 0 Å². The number of pyridine rings is 1. The minimum atomic E-state index is -0.333. The highest BCUT2D eigenvalue weighted by atomic mass is 16.3. The van der Waals surface area contributed by atoms with Gasteiger partial charge in [0.2, 0.25) is 0 Å². The molecule has 62 valence electrons. The maximum Gasteiger partial charge on any atom is 0.0749 e. The van der Waals surface area contributed by atoms with Crippen molar-refractivity contribution in [1.29, 1.82) is 5.26 Å². The van der Waals surface area contributed by atoms with Gasteiger partial charge in [0.15, 0.2) is 0 Å². The van der Waals surface area contributed by atoms with Crippen LogP contribution < -0.4 is 0 Å². The molecular formula is C9H10N2O. The smallest absolute Gasteiger partial charge is 0.0749 e. The third kappa shape index (κ3) is 2.33. The molecule has 0 saturated heterocycles. The number of hydrogen-bond donors (Lipinski definition) is 1. The summed E-state index contributed by atoms with van der Waals surface area (Å²) in [4.78, 5) is 4.05. The van der Waals surface area contributed by atoms with Crippen molar-refractivity contribution < 1.29 is 5.11 Å². The van der Waals surface area contributed by atoms with E-state index in [9.17, 15) is 0 Å². The zero-order chi connectivity index (χ0) is 8.81. The summed E-state index contributed by atoms with van der Waals surface area (Å²) in [6, 6.07) is 7.55. The van der Waals surface area contributed by atoms with Crippen LogP contribution in [0.4, 0.5) is 0 Å². The van der Waals surface area contributed by atoms with Gasteiger partial charge in [-0.25, -0.2) is 0 Å². The van der Waals surface area contributed by atoms with Gasteiger partial charge in [-0.05, 0) is 12.1 Å². The average Bonchev–Trinajstić information content (AvgIpc) is 2.16. The Kier molecular flexibility index (Phi) is 3.24. The van der Waals surface area contributed by atoms with Crippen LogP contribution in [-0.2, 0) is 6.42 Å². The summed E-state index contributed by atoms with van der Waals surface area (Å²) in [5.74, 6) is -0.333. The van der Waals surface area contributed by atoms with Crippen LogP contribution in [0.15, 0.2) is 24.4 Å². The van der Waals surface area contributed by atoms with Gasteiger partial charge in [0, 0.05) is 18.3 Å². The van der Waals surface area contributed by atoms with Gasteiger partial charge in [0.05, 0.1) is 18.6 Å². The van der Waals surface area contributed by atoms with E-state index in [1.807, 2.05) is 24.3 Å². The SMILES string of the molecule is N#C[C@@H](CO)Cc1ccccn1. The van der Waals surface area contributed by atoms with Crippen molar-refractivity contribution in [2.45, 2.75) is 6.42 Å². The largest absolute Gasteiger partial charge is 0.395 e. The summed E-state index contributed by atoms with van der Waals surface area (Å²) < 4.78 is 0. The fraction of sp³-hybridized carbons (Fsp3) is 0.333. The predicted molar refractivity (Wildman–Crippen MR) is 44.1 cm³/mol. The lowest BCUT2D eigenvalue weighted by molar-refractivity contribution is 0.255. The van der Waals surface area contributed by atoms with Crippen molar-refractivity contribution in [3.8, 4) is 6.07 Å². The number of aliphatic hydroxyl groups is 1. The molecule has 0 aromatic carbocycles. The number of aromatic nitrogens is 1. The second-order valence-electron chi connectivity index (χ2n) is 2.53. The fourth-order valence-electron chi connectivity index (χ4n) is 0.922. The van der Waals surface area contributed by atoms with Crippen LogP contribution in [-0.4, -0.2) is 16.7 Å². The molecule has 1 heterocycles. The van der Waals surface area contributed by atoms with Gasteiger partial charge >= 0.3 is 0 Å². The van der Waals surface area contributed by atoms with E-state index in [0.29, 0.717) is 6.42 Å². The van der Waals surface area contributed by atoms with Gasteiger partial charge in [-0.2, -0.15) is 5.26 Å². The van der Waals surface area contributed by atoms with E-state index in [1.165, 1.54) is 0 Å². The highest BCUT2D eigenvalue weighted by Crippen LogP contribution is 2.03. The third-order valence-corrected chi connectivity index (χ3v) is 1.58. The number of nitriles is 1. The quantitative estimate of drug-likeness (QED) is 0.713. The Morgan fingerprint density at radius 3 is 2.92 bits per heavy atom. The second-order valence-corrected chi connectivity index (χ2v) is 2.53. The molecule has 1 aromatic rings. The van der Waals surface area contributed by atoms with Gasteiger partial charge in [0.25, 0.3) is 0 Å². The molecule has 0 amide bonds. The highest BCUT2D eigenvalue weighted by molar-refractivity contribution is 5.06. The van der Waals surface area contributed by atoms with E-state index in [1.54, 1.807) is 6.20 Å². The Balaban J connectivity index is 2.58. The molecule has 0 radical (unpaired) electrons. The minimum absolute atomic E-state index is 0.104. The van der Waals surface area contributed by atoms with Gasteiger partial charge in [0.1, 0.15) is 0 Å². The predicted octanol–water partition coefficient (Wildman–Crippen LogP) is 0.756. The minimum Gasteiger partial charge on any atom is -0.395 e. The van der Waals surface area contributed by atoms with E-state index in [2.05, 4.69) is 4.98 Å². The lowest BCUT2D eigenvalue weighted by Gasteiger charge is -2.02. The molecule has 1 aromatic heterocycles. The Bertz CT molecular complexity index is 266. The van der Waals surface area contributed by atoms with Crippen molar-refractivity contribution in [2.75, 3.05) is 6.61 Å². The first-order valence-corrected chi connectivity index (χ1v) is 3.77. The molecule has 0 fully saturated rings. The maximum absolute atomic E-state index is 8.74. The first-order valence-electron chi connectivity index (χ1n) is 3.77. The zero-order valence-corrected chi connectivity index (χ0v) is 6.64. The first kappa shape index (κ1) is 8.69. The van der Waals surface area contributed by atoms with Crippen LogP contribution in [0.3, 0.4) is 0 Å². The molecule has 0 aliphatic rings. The molecule has 3 nitrogen and oxygen atoms in total. The Hall–Kier alpha value is -1.40. The van der Waals surface area contributed by atoms with E-state index >= 15 is 0 Å². The summed E-state index contributed by atoms with van der Waals surface area (Å²) in [6.45, 7) is -0.104. The van der Waals surface area contributed by atoms with Crippen molar-refractivity contribution in [3.63, 3.8) is 0 Å². The van der Waals surface area contributed by atoms with Gasteiger partial charge in [-0.3, -0.25) is 4.98 Å². The Morgan fingerprint density at radius 2 is 2.42 bits per heavy atom. The van der Waals surface area contributed by atoms with Crippen molar-refractivity contribution in [2.24, 2.45) is 5.92 Å². The second kappa shape index (κ2) is 4.47. The molecule has 0 spiro atoms. The molecule has 0 bridgehead atoms. The summed E-state index contributed by atoms with van der Waals surface area (Å²) in [7, 11) is 0. The molecule has 1 N–H and O–H groups in total. The Labute approximate surface area is 71.3 Å². The lowest BCUT2D eigenvalue weighted by atomic mass is 10.1. The van der Waals surface area contributed by atoms with Crippen LogP contribution in [0.2, 0.25) is 0 Å². The maximum atomic E-state index is 8.74. The highest BCUT2D eigenvalue weighted by Gasteiger charge is 2.06. The van der Waals surface area contributed by atoms with Crippen LogP contribution >= 0.6 is 0 Å². The lowest BCUT2D eigenvalue weighted by Crippen LogP contribution is -2.07. The first-order chi connectivity index (χ1) is 5.86. The van der Waals surface area contributed by atoms with Crippen LogP contribution in [0.1, 0.15) is 5.69 Å². The molecule has 0 aliphatic carbocycles. The zero-order valence-electron chi connectivity index (χ0n) is 6.64. The summed E-state index contributed by atoms with van der Waals surface area (Å²) >= 11 is 0. The van der Waals surface area contributed by atoms with E-state index in [-0.39, 0.29) is 12.5 Å². The molecule has 1 atom stereocenters. The molecule has 0 unspecified atom stereocenters. The van der Waals surface area contributed by atoms with Gasteiger partial charge in [-0.15, -0.1) is 0 Å². The number of aliphatic hydroxyl groups excluding tert-OH is 1. The van der Waals surface area contributed by atoms with E-state index < -0.39 is 0 Å². The summed E-state index contributed by atoms with van der Waals surface area (Å²) in [5, 5.41) is 17.3. The van der Waals surface area contributed by atoms with Gasteiger partial charge in [-0.1, -0.05) is 6.07 Å². The van der Waals surface area contributed by atoms with Crippen molar-refractivity contribution in [3.05, 3.63) is 30.1 Å². The molecular weight excluding hydrogens is 152 g/mol. The van der Waals surface area contributed by atoms with E-state index in [0.717, 1.165) is 5.69 Å². The molecule has 1 rings (SSSR count). The van der Waals surface area contributed by atoms with Gasteiger partial charge < -0.3 is 5.11 Å². The number of hydrogen-bond acceptors (Lipinski definition) is 3. The Morgan fingerprint density at radius 1 is 1.58 bits per heavy atom. The molecule has 0 saturated carbocycles. The number of rotatable bonds is 3. The van der Waals surface area contributed by atoms with Crippen LogP contribution in [0.25, 0.3) is 0 Å². The summed E-state index contributed by atoms with van der Waals surface area (Å²) in [6.07, 6.45) is 2.20. The van der Waals surface area contributed by atoms with Crippen LogP contribution in [0.5, 0.6) is 0 Å². The standard InChI is InChI=1S/C9H10N2O/c10-6-8(7-12)5-9-3-1-2-4-11-9/h1-4,8,12H,5,7H2/t8-/m0/s1. The third-order valence-electron chi connectivity index (χ3n) is 1.58. The van der Waals surface area contributed by atoms with Crippen LogP contribution in [0, 0.1) is 17.2 Å². The topological polar surface area (TPSA) is 56.9 Å². The van der Waals surface area contributed by atoms with E-state index in [4.69, 9.17) is 10.4 Å². The van der Waals surface area contributed by atoms with Crippen molar-refractivity contribution in [1.82, 2.24) is 4.98 Å². The number of nitrogens with zero attached hydrogens (tertiary/aromatic N) is 2. The fourth-order valence-corrected chi connectivity index (χ4v) is 0.922. The molecule has 0 aliphatic heterocycles. The average molecular weight is 162 g/mol.